The summed E-state index contributed by atoms with van der Waals surface area (Å²) in [5, 5.41) is 5.20. The highest BCUT2D eigenvalue weighted by atomic mass is 35.5. The minimum absolute atomic E-state index is 0. The van der Waals surface area contributed by atoms with Gasteiger partial charge in [-0.2, -0.15) is 0 Å². The topological polar surface area (TPSA) is 80.5 Å². The van der Waals surface area contributed by atoms with Crippen LogP contribution in [0.5, 0.6) is 0 Å². The predicted octanol–water partition coefficient (Wildman–Crippen LogP) is 3.08. The van der Waals surface area contributed by atoms with Crippen LogP contribution in [-0.2, 0) is 10.0 Å². The number of halogens is 2. The number of nitrogens with two attached hydrogens (primary N) is 1. The van der Waals surface area contributed by atoms with E-state index >= 15 is 0 Å². The number of nitrogens with zero attached hydrogens (tertiary/aromatic N) is 1. The van der Waals surface area contributed by atoms with E-state index in [4.69, 9.17) is 5.14 Å². The highest BCUT2D eigenvalue weighted by Crippen LogP contribution is 2.27. The molecule has 2 N–H and O–H groups in total. The highest BCUT2D eigenvalue weighted by Gasteiger charge is 2.22. The molecule has 0 aliphatic carbocycles. The number of hydrogen-bond donors (Lipinski definition) is 1. The van der Waals surface area contributed by atoms with Crippen molar-refractivity contribution >= 4 is 40.7 Å². The lowest BCUT2D eigenvalue weighted by molar-refractivity contribution is 0.0793. The number of hydrogen-bond acceptors (Lipinski definition) is 3. The quantitative estimate of drug-likeness (QED) is 0.855. The van der Waals surface area contributed by atoms with Gasteiger partial charge in [0.25, 0.3) is 5.91 Å². The molecule has 2 aromatic rings. The number of amides is 1. The summed E-state index contributed by atoms with van der Waals surface area (Å²) in [7, 11) is -3.78. The Labute approximate surface area is 160 Å². The lowest BCUT2D eigenvalue weighted by atomic mass is 9.99. The molecule has 2 aromatic carbocycles. The number of carbonyl (C=O) groups excluding carboxylic acids is 1. The third kappa shape index (κ3) is 4.73. The molecule has 1 aliphatic heterocycles. The van der Waals surface area contributed by atoms with Gasteiger partial charge in [-0.1, -0.05) is 30.3 Å². The van der Waals surface area contributed by atoms with E-state index < -0.39 is 10.0 Å². The zero-order valence-corrected chi connectivity index (χ0v) is 15.9. The molecule has 25 heavy (non-hydrogen) atoms. The standard InChI is InChI=1S/C17H18N2O3S.2ClH/c18-23(21,22)14-7-5-6-13(12-14)15-8-1-2-9-16(15)17(20)19-10-3-4-11-19;;/h1-2,5-9,12H,3-4,10-11H2,(H2,18,21,22);2*1H. The maximum absolute atomic E-state index is 12.7. The molecule has 0 spiro atoms. The Bertz CT molecular complexity index is 850. The van der Waals surface area contributed by atoms with Crippen LogP contribution in [0.1, 0.15) is 23.2 Å². The number of rotatable bonds is 3. The van der Waals surface area contributed by atoms with Crippen LogP contribution < -0.4 is 5.14 Å². The van der Waals surface area contributed by atoms with Gasteiger partial charge in [0.2, 0.25) is 10.0 Å². The minimum atomic E-state index is -3.78. The van der Waals surface area contributed by atoms with Crippen molar-refractivity contribution in [3.05, 3.63) is 54.1 Å². The van der Waals surface area contributed by atoms with E-state index in [9.17, 15) is 13.2 Å². The zero-order valence-electron chi connectivity index (χ0n) is 13.4. The molecule has 3 rings (SSSR count). The molecule has 0 aromatic heterocycles. The molecular formula is C17H20Cl2N2O3S. The van der Waals surface area contributed by atoms with Gasteiger partial charge >= 0.3 is 0 Å². The molecule has 0 bridgehead atoms. The van der Waals surface area contributed by atoms with E-state index in [0.717, 1.165) is 31.5 Å². The number of benzene rings is 2. The Morgan fingerprint density at radius 3 is 2.24 bits per heavy atom. The van der Waals surface area contributed by atoms with Gasteiger partial charge in [-0.25, -0.2) is 13.6 Å². The molecule has 8 heteroatoms. The summed E-state index contributed by atoms with van der Waals surface area (Å²) in [4.78, 5) is 14.6. The van der Waals surface area contributed by atoms with Crippen LogP contribution in [0.25, 0.3) is 11.1 Å². The average molecular weight is 403 g/mol. The Morgan fingerprint density at radius 2 is 1.60 bits per heavy atom. The lowest BCUT2D eigenvalue weighted by Gasteiger charge is -2.18. The van der Waals surface area contributed by atoms with Crippen molar-refractivity contribution in [1.82, 2.24) is 4.90 Å². The average Bonchev–Trinajstić information content (AvgIpc) is 3.08. The SMILES string of the molecule is Cl.Cl.NS(=O)(=O)c1cccc(-c2ccccc2C(=O)N2CCCC2)c1. The van der Waals surface area contributed by atoms with E-state index in [1.807, 2.05) is 23.1 Å². The van der Waals surface area contributed by atoms with Crippen molar-refractivity contribution in [2.24, 2.45) is 5.14 Å². The molecule has 1 aliphatic rings. The van der Waals surface area contributed by atoms with Gasteiger partial charge in [0, 0.05) is 18.7 Å². The largest absolute Gasteiger partial charge is 0.339 e. The number of likely N-dealkylation sites (tertiary alicyclic amines) is 1. The summed E-state index contributed by atoms with van der Waals surface area (Å²) < 4.78 is 23.1. The number of carbonyl (C=O) groups is 1. The van der Waals surface area contributed by atoms with Gasteiger partial charge in [0.1, 0.15) is 0 Å². The first kappa shape index (κ1) is 21.4. The summed E-state index contributed by atoms with van der Waals surface area (Å²) in [5.74, 6) is -0.0147. The second kappa shape index (κ2) is 8.67. The van der Waals surface area contributed by atoms with Crippen molar-refractivity contribution in [3.63, 3.8) is 0 Å². The van der Waals surface area contributed by atoms with Crippen LogP contribution in [0.15, 0.2) is 53.4 Å². The normalized spacial score (nSPS) is 13.7. The minimum Gasteiger partial charge on any atom is -0.339 e. The summed E-state index contributed by atoms with van der Waals surface area (Å²) >= 11 is 0. The Morgan fingerprint density at radius 1 is 0.960 bits per heavy atom. The van der Waals surface area contributed by atoms with Crippen LogP contribution in [0.3, 0.4) is 0 Å². The molecule has 1 heterocycles. The molecule has 5 nitrogen and oxygen atoms in total. The fourth-order valence-electron chi connectivity index (χ4n) is 2.85. The molecule has 0 saturated carbocycles. The summed E-state index contributed by atoms with van der Waals surface area (Å²) in [6.45, 7) is 1.54. The Balaban J connectivity index is 0.00000156. The summed E-state index contributed by atoms with van der Waals surface area (Å²) in [6, 6.07) is 13.6. The van der Waals surface area contributed by atoms with Crippen molar-refractivity contribution in [2.75, 3.05) is 13.1 Å². The smallest absolute Gasteiger partial charge is 0.254 e. The van der Waals surface area contributed by atoms with Crippen molar-refractivity contribution < 1.29 is 13.2 Å². The van der Waals surface area contributed by atoms with Gasteiger partial charge in [-0.15, -0.1) is 24.8 Å². The number of sulfonamides is 1. The maximum atomic E-state index is 12.7. The molecule has 1 amide bonds. The number of primary sulfonamides is 1. The van der Waals surface area contributed by atoms with Crippen molar-refractivity contribution in [3.8, 4) is 11.1 Å². The lowest BCUT2D eigenvalue weighted by Crippen LogP contribution is -2.28. The second-order valence-electron chi connectivity index (χ2n) is 5.62. The van der Waals surface area contributed by atoms with Crippen LogP contribution in [-0.4, -0.2) is 32.3 Å². The van der Waals surface area contributed by atoms with E-state index in [2.05, 4.69) is 0 Å². The van der Waals surface area contributed by atoms with Crippen LogP contribution >= 0.6 is 24.8 Å². The molecule has 1 fully saturated rings. The third-order valence-electron chi connectivity index (χ3n) is 4.02. The summed E-state index contributed by atoms with van der Waals surface area (Å²) in [6.07, 6.45) is 2.05. The van der Waals surface area contributed by atoms with Crippen LogP contribution in [0.4, 0.5) is 0 Å². The van der Waals surface area contributed by atoms with Crippen LogP contribution in [0, 0.1) is 0 Å². The molecule has 0 atom stereocenters. The molecule has 0 radical (unpaired) electrons. The molecular weight excluding hydrogens is 383 g/mol. The van der Waals surface area contributed by atoms with Gasteiger partial charge in [-0.3, -0.25) is 4.79 Å². The Hall–Kier alpha value is -1.60. The first-order chi connectivity index (χ1) is 11.0. The fourth-order valence-corrected chi connectivity index (χ4v) is 3.41. The van der Waals surface area contributed by atoms with Gasteiger partial charge in [-0.05, 0) is 42.2 Å². The van der Waals surface area contributed by atoms with Crippen molar-refractivity contribution in [2.45, 2.75) is 17.7 Å². The monoisotopic (exact) mass is 402 g/mol. The molecule has 1 saturated heterocycles. The predicted molar refractivity (Wildman–Crippen MR) is 103 cm³/mol. The summed E-state index contributed by atoms with van der Waals surface area (Å²) in [5.41, 5.74) is 1.97. The Kier molecular flexibility index (Phi) is 7.44. The van der Waals surface area contributed by atoms with Crippen LogP contribution in [0.2, 0.25) is 0 Å². The maximum Gasteiger partial charge on any atom is 0.254 e. The molecule has 136 valence electrons. The third-order valence-corrected chi connectivity index (χ3v) is 4.94. The van der Waals surface area contributed by atoms with Gasteiger partial charge in [0.15, 0.2) is 0 Å². The van der Waals surface area contributed by atoms with E-state index in [-0.39, 0.29) is 35.6 Å². The van der Waals surface area contributed by atoms with E-state index in [1.54, 1.807) is 18.2 Å². The molecule has 0 unspecified atom stereocenters. The van der Waals surface area contributed by atoms with Crippen molar-refractivity contribution in [1.29, 1.82) is 0 Å². The van der Waals surface area contributed by atoms with E-state index in [0.29, 0.717) is 11.1 Å². The first-order valence-corrected chi connectivity index (χ1v) is 9.03. The fraction of sp³-hybridized carbons (Fsp3) is 0.235. The zero-order chi connectivity index (χ0) is 16.4. The second-order valence-corrected chi connectivity index (χ2v) is 7.18. The van der Waals surface area contributed by atoms with Gasteiger partial charge in [0.05, 0.1) is 4.90 Å². The van der Waals surface area contributed by atoms with Gasteiger partial charge < -0.3 is 4.90 Å². The first-order valence-electron chi connectivity index (χ1n) is 7.48. The van der Waals surface area contributed by atoms with E-state index in [1.165, 1.54) is 12.1 Å². The highest BCUT2D eigenvalue weighted by molar-refractivity contribution is 7.89.